The minimum atomic E-state index is 0.337. The summed E-state index contributed by atoms with van der Waals surface area (Å²) >= 11 is 7.01. The van der Waals surface area contributed by atoms with Crippen LogP contribution in [0, 0.1) is 6.92 Å². The Morgan fingerprint density at radius 2 is 2.27 bits per heavy atom. The van der Waals surface area contributed by atoms with Gasteiger partial charge in [0.25, 0.3) is 0 Å². The zero-order chi connectivity index (χ0) is 10.8. The van der Waals surface area contributed by atoms with Gasteiger partial charge in [0.15, 0.2) is 0 Å². The van der Waals surface area contributed by atoms with E-state index in [9.17, 15) is 0 Å². The summed E-state index contributed by atoms with van der Waals surface area (Å²) < 4.78 is 0. The van der Waals surface area contributed by atoms with Gasteiger partial charge < -0.3 is 0 Å². The first kappa shape index (κ1) is 11.2. The molecule has 5 heteroatoms. The molecule has 80 valence electrons. The van der Waals surface area contributed by atoms with Gasteiger partial charge in [-0.1, -0.05) is 34.2 Å². The van der Waals surface area contributed by atoms with Gasteiger partial charge in [0.05, 0.1) is 4.83 Å². The highest BCUT2D eigenvalue weighted by molar-refractivity contribution is 9.09. The van der Waals surface area contributed by atoms with Crippen molar-refractivity contribution in [2.24, 2.45) is 0 Å². The largest absolute Gasteiger partial charge is 0.148 e. The van der Waals surface area contributed by atoms with E-state index in [1.807, 2.05) is 0 Å². The molecule has 0 aliphatic heterocycles. The lowest BCUT2D eigenvalue weighted by molar-refractivity contribution is 0.870. The molecule has 2 aromatic heterocycles. The normalized spacial score (nSPS) is 13.0. The van der Waals surface area contributed by atoms with Crippen LogP contribution in [0.15, 0.2) is 11.4 Å². The van der Waals surface area contributed by atoms with E-state index in [1.54, 1.807) is 22.7 Å². The van der Waals surface area contributed by atoms with Crippen LogP contribution in [0.4, 0.5) is 0 Å². The number of rotatable bonds is 3. The molecular formula is C10H11BrN2S2. The Balaban J connectivity index is 2.27. The molecule has 1 atom stereocenters. The summed E-state index contributed by atoms with van der Waals surface area (Å²) in [6.45, 7) is 4.24. The van der Waals surface area contributed by atoms with E-state index in [1.165, 1.54) is 10.4 Å². The van der Waals surface area contributed by atoms with Crippen molar-refractivity contribution in [2.45, 2.75) is 25.1 Å². The monoisotopic (exact) mass is 302 g/mol. The third kappa shape index (κ3) is 2.46. The van der Waals surface area contributed by atoms with Crippen LogP contribution in [-0.2, 0) is 0 Å². The van der Waals surface area contributed by atoms with Crippen molar-refractivity contribution in [3.63, 3.8) is 0 Å². The van der Waals surface area contributed by atoms with Crippen LogP contribution in [0.5, 0.6) is 0 Å². The lowest BCUT2D eigenvalue weighted by Crippen LogP contribution is -1.84. The number of aryl methyl sites for hydroxylation is 1. The quantitative estimate of drug-likeness (QED) is 0.784. The van der Waals surface area contributed by atoms with Crippen LogP contribution < -0.4 is 0 Å². The van der Waals surface area contributed by atoms with Crippen molar-refractivity contribution in [3.05, 3.63) is 21.3 Å². The Kier molecular flexibility index (Phi) is 3.53. The summed E-state index contributed by atoms with van der Waals surface area (Å²) in [7, 11) is 0. The fraction of sp³-hybridized carbons (Fsp3) is 0.400. The van der Waals surface area contributed by atoms with Crippen LogP contribution in [-0.4, -0.2) is 10.2 Å². The van der Waals surface area contributed by atoms with Crippen molar-refractivity contribution in [2.75, 3.05) is 0 Å². The molecular weight excluding hydrogens is 292 g/mol. The summed E-state index contributed by atoms with van der Waals surface area (Å²) in [4.78, 5) is 1.65. The van der Waals surface area contributed by atoms with E-state index in [2.05, 4.69) is 51.4 Å². The third-order valence-electron chi connectivity index (χ3n) is 2.04. The van der Waals surface area contributed by atoms with Crippen LogP contribution in [0.2, 0.25) is 0 Å². The molecule has 0 aromatic carbocycles. The number of halogens is 1. The highest BCUT2D eigenvalue weighted by Crippen LogP contribution is 2.33. The fourth-order valence-electron chi connectivity index (χ4n) is 1.21. The van der Waals surface area contributed by atoms with E-state index in [0.717, 1.165) is 16.4 Å². The summed E-state index contributed by atoms with van der Waals surface area (Å²) in [5.74, 6) is 0. The van der Waals surface area contributed by atoms with Gasteiger partial charge in [0.1, 0.15) is 10.0 Å². The molecule has 0 N–H and O–H groups in total. The number of thiophene rings is 1. The molecule has 0 saturated carbocycles. The summed E-state index contributed by atoms with van der Waals surface area (Å²) in [6, 6.07) is 2.16. The van der Waals surface area contributed by atoms with Gasteiger partial charge in [-0.2, -0.15) is 0 Å². The Morgan fingerprint density at radius 1 is 1.47 bits per heavy atom. The fourth-order valence-corrected chi connectivity index (χ4v) is 3.23. The Labute approximate surface area is 106 Å². The highest BCUT2D eigenvalue weighted by atomic mass is 79.9. The second-order valence-electron chi connectivity index (χ2n) is 3.27. The van der Waals surface area contributed by atoms with E-state index in [-0.39, 0.29) is 0 Å². The standard InChI is InChI=1S/C10H11BrN2S2/c1-3-8(11)10-13-12-9(15-10)7-4-6(2)14-5-7/h4-5,8H,3H2,1-2H3. The zero-order valence-corrected chi connectivity index (χ0v) is 11.7. The number of aromatic nitrogens is 2. The highest BCUT2D eigenvalue weighted by Gasteiger charge is 2.13. The summed E-state index contributed by atoms with van der Waals surface area (Å²) in [6.07, 6.45) is 1.04. The predicted octanol–water partition coefficient (Wildman–Crippen LogP) is 4.42. The predicted molar refractivity (Wildman–Crippen MR) is 69.9 cm³/mol. The molecule has 15 heavy (non-hydrogen) atoms. The van der Waals surface area contributed by atoms with Crippen molar-refractivity contribution in [1.29, 1.82) is 0 Å². The maximum Gasteiger partial charge on any atom is 0.148 e. The lowest BCUT2D eigenvalue weighted by atomic mass is 10.3. The molecule has 0 aliphatic carbocycles. The molecule has 2 heterocycles. The van der Waals surface area contributed by atoms with Crippen molar-refractivity contribution in [3.8, 4) is 10.6 Å². The molecule has 2 aromatic rings. The van der Waals surface area contributed by atoms with Gasteiger partial charge in [-0.3, -0.25) is 0 Å². The molecule has 2 nitrogen and oxygen atoms in total. The summed E-state index contributed by atoms with van der Waals surface area (Å²) in [5, 5.41) is 12.6. The van der Waals surface area contributed by atoms with Crippen LogP contribution >= 0.6 is 38.6 Å². The first-order chi connectivity index (χ1) is 7.20. The Hall–Kier alpha value is -0.260. The number of alkyl halides is 1. The van der Waals surface area contributed by atoms with Crippen LogP contribution in [0.1, 0.15) is 28.1 Å². The summed E-state index contributed by atoms with van der Waals surface area (Å²) in [5.41, 5.74) is 1.19. The number of nitrogens with zero attached hydrogens (tertiary/aromatic N) is 2. The molecule has 0 amide bonds. The molecule has 0 bridgehead atoms. The van der Waals surface area contributed by atoms with E-state index in [4.69, 9.17) is 0 Å². The molecule has 0 aliphatic rings. The lowest BCUT2D eigenvalue weighted by Gasteiger charge is -1.97. The number of hydrogen-bond donors (Lipinski definition) is 0. The molecule has 1 unspecified atom stereocenters. The van der Waals surface area contributed by atoms with Crippen LogP contribution in [0.3, 0.4) is 0 Å². The topological polar surface area (TPSA) is 25.8 Å². The average Bonchev–Trinajstić information content (AvgIpc) is 2.84. The van der Waals surface area contributed by atoms with E-state index in [0.29, 0.717) is 4.83 Å². The molecule has 0 fully saturated rings. The van der Waals surface area contributed by atoms with Gasteiger partial charge in [0.2, 0.25) is 0 Å². The van der Waals surface area contributed by atoms with Crippen molar-refractivity contribution >= 4 is 38.6 Å². The maximum atomic E-state index is 4.21. The number of hydrogen-bond acceptors (Lipinski definition) is 4. The Bertz CT molecular complexity index is 450. The van der Waals surface area contributed by atoms with Gasteiger partial charge in [-0.15, -0.1) is 21.5 Å². The van der Waals surface area contributed by atoms with E-state index >= 15 is 0 Å². The van der Waals surface area contributed by atoms with Gasteiger partial charge in [-0.05, 0) is 19.4 Å². The average molecular weight is 303 g/mol. The molecule has 0 saturated heterocycles. The third-order valence-corrected chi connectivity index (χ3v) is 5.38. The zero-order valence-electron chi connectivity index (χ0n) is 8.53. The van der Waals surface area contributed by atoms with Crippen LogP contribution in [0.25, 0.3) is 10.6 Å². The van der Waals surface area contributed by atoms with Crippen molar-refractivity contribution < 1.29 is 0 Å². The van der Waals surface area contributed by atoms with Gasteiger partial charge >= 0.3 is 0 Å². The second kappa shape index (κ2) is 4.72. The first-order valence-electron chi connectivity index (χ1n) is 4.73. The molecule has 0 radical (unpaired) electrons. The SMILES string of the molecule is CCC(Br)c1nnc(-c2csc(C)c2)s1. The maximum absolute atomic E-state index is 4.21. The smallest absolute Gasteiger partial charge is 0.148 e. The first-order valence-corrected chi connectivity index (χ1v) is 7.35. The van der Waals surface area contributed by atoms with Gasteiger partial charge in [-0.25, -0.2) is 0 Å². The Morgan fingerprint density at radius 3 is 2.87 bits per heavy atom. The second-order valence-corrected chi connectivity index (χ2v) is 6.50. The van der Waals surface area contributed by atoms with Gasteiger partial charge in [0, 0.05) is 15.8 Å². The molecule has 2 rings (SSSR count). The van der Waals surface area contributed by atoms with Crippen molar-refractivity contribution in [1.82, 2.24) is 10.2 Å². The minimum Gasteiger partial charge on any atom is -0.148 e. The minimum absolute atomic E-state index is 0.337. The molecule has 0 spiro atoms. The van der Waals surface area contributed by atoms with E-state index < -0.39 is 0 Å².